The quantitative estimate of drug-likeness (QED) is 0.651. The molecule has 0 saturated carbocycles. The minimum absolute atomic E-state index is 0.0480. The summed E-state index contributed by atoms with van der Waals surface area (Å²) in [5, 5.41) is 2.84. The fraction of sp³-hybridized carbons (Fsp3) is 0. The van der Waals surface area contributed by atoms with E-state index in [4.69, 9.17) is 23.2 Å². The molecule has 0 aliphatic carbocycles. The van der Waals surface area contributed by atoms with Gasteiger partial charge in [-0.15, -0.1) is 0 Å². The standard InChI is InChI=1S/C10H5BrCl2FN3/c11-8-3-9(16-4-15-8)17-5-1-6(12)10(14)7(13)2-5/h1-4H,(H,15,16,17). The summed E-state index contributed by atoms with van der Waals surface area (Å²) < 4.78 is 13.8. The Morgan fingerprint density at radius 3 is 2.35 bits per heavy atom. The van der Waals surface area contributed by atoms with Crippen LogP contribution >= 0.6 is 39.1 Å². The van der Waals surface area contributed by atoms with Crippen LogP contribution in [0, 0.1) is 5.82 Å². The Hall–Kier alpha value is -0.910. The summed E-state index contributed by atoms with van der Waals surface area (Å²) >= 11 is 14.6. The van der Waals surface area contributed by atoms with Crippen molar-refractivity contribution >= 4 is 50.6 Å². The Kier molecular flexibility index (Phi) is 3.81. The molecular weight excluding hydrogens is 332 g/mol. The first kappa shape index (κ1) is 12.5. The monoisotopic (exact) mass is 335 g/mol. The zero-order chi connectivity index (χ0) is 12.4. The van der Waals surface area contributed by atoms with Crippen molar-refractivity contribution in [3.05, 3.63) is 45.0 Å². The van der Waals surface area contributed by atoms with Gasteiger partial charge < -0.3 is 5.32 Å². The Morgan fingerprint density at radius 1 is 1.12 bits per heavy atom. The van der Waals surface area contributed by atoms with Gasteiger partial charge >= 0.3 is 0 Å². The van der Waals surface area contributed by atoms with Crippen LogP contribution in [0.1, 0.15) is 0 Å². The number of anilines is 2. The van der Waals surface area contributed by atoms with E-state index in [1.54, 1.807) is 6.07 Å². The molecule has 0 bridgehead atoms. The molecule has 0 spiro atoms. The van der Waals surface area contributed by atoms with Gasteiger partial charge in [0.15, 0.2) is 5.82 Å². The summed E-state index contributed by atoms with van der Waals surface area (Å²) in [6, 6.07) is 4.53. The van der Waals surface area contributed by atoms with Crippen molar-refractivity contribution in [2.24, 2.45) is 0 Å². The van der Waals surface area contributed by atoms with Crippen LogP contribution in [0.5, 0.6) is 0 Å². The van der Waals surface area contributed by atoms with Crippen LogP contribution in [-0.2, 0) is 0 Å². The fourth-order valence-electron chi connectivity index (χ4n) is 1.18. The molecule has 3 nitrogen and oxygen atoms in total. The molecule has 0 amide bonds. The van der Waals surface area contributed by atoms with Crippen LogP contribution < -0.4 is 5.32 Å². The van der Waals surface area contributed by atoms with Crippen molar-refractivity contribution in [1.82, 2.24) is 9.97 Å². The Labute approximate surface area is 115 Å². The lowest BCUT2D eigenvalue weighted by Gasteiger charge is -2.07. The average molecular weight is 337 g/mol. The van der Waals surface area contributed by atoms with E-state index in [0.29, 0.717) is 16.1 Å². The minimum Gasteiger partial charge on any atom is -0.340 e. The van der Waals surface area contributed by atoms with E-state index < -0.39 is 5.82 Å². The fourth-order valence-corrected chi connectivity index (χ4v) is 1.97. The van der Waals surface area contributed by atoms with Crippen molar-refractivity contribution in [3.63, 3.8) is 0 Å². The van der Waals surface area contributed by atoms with Gasteiger partial charge in [-0.25, -0.2) is 14.4 Å². The highest BCUT2D eigenvalue weighted by Crippen LogP contribution is 2.28. The summed E-state index contributed by atoms with van der Waals surface area (Å²) in [6.45, 7) is 0. The normalized spacial score (nSPS) is 10.4. The molecule has 0 radical (unpaired) electrons. The summed E-state index contributed by atoms with van der Waals surface area (Å²) in [5.74, 6) is -0.0895. The summed E-state index contributed by atoms with van der Waals surface area (Å²) in [5.41, 5.74) is 0.548. The smallest absolute Gasteiger partial charge is 0.160 e. The van der Waals surface area contributed by atoms with E-state index in [9.17, 15) is 4.39 Å². The average Bonchev–Trinajstić information content (AvgIpc) is 2.26. The number of nitrogens with zero attached hydrogens (tertiary/aromatic N) is 2. The summed E-state index contributed by atoms with van der Waals surface area (Å²) in [7, 11) is 0. The zero-order valence-corrected chi connectivity index (χ0v) is 11.3. The molecule has 0 atom stereocenters. The second-order valence-corrected chi connectivity index (χ2v) is 4.73. The van der Waals surface area contributed by atoms with E-state index in [1.807, 2.05) is 0 Å². The summed E-state index contributed by atoms with van der Waals surface area (Å²) in [4.78, 5) is 7.87. The van der Waals surface area contributed by atoms with Crippen molar-refractivity contribution < 1.29 is 4.39 Å². The third kappa shape index (κ3) is 3.06. The Morgan fingerprint density at radius 2 is 1.76 bits per heavy atom. The molecule has 0 aliphatic heterocycles. The van der Waals surface area contributed by atoms with Gasteiger partial charge in [0.2, 0.25) is 0 Å². The zero-order valence-electron chi connectivity index (χ0n) is 8.22. The Bertz CT molecular complexity index is 542. The van der Waals surface area contributed by atoms with Crippen LogP contribution in [0.4, 0.5) is 15.9 Å². The minimum atomic E-state index is -0.636. The number of nitrogens with one attached hydrogen (secondary N) is 1. The lowest BCUT2D eigenvalue weighted by molar-refractivity contribution is 0.629. The van der Waals surface area contributed by atoms with Crippen LogP contribution in [-0.4, -0.2) is 9.97 Å². The van der Waals surface area contributed by atoms with E-state index in [1.165, 1.54) is 18.5 Å². The van der Waals surface area contributed by atoms with Crippen LogP contribution in [0.25, 0.3) is 0 Å². The SMILES string of the molecule is Fc1c(Cl)cc(Nc2cc(Br)ncn2)cc1Cl. The third-order valence-corrected chi connectivity index (χ3v) is 2.87. The first-order chi connectivity index (χ1) is 8.06. The van der Waals surface area contributed by atoms with E-state index in [2.05, 4.69) is 31.2 Å². The molecule has 88 valence electrons. The molecule has 0 aliphatic rings. The predicted octanol–water partition coefficient (Wildman–Crippen LogP) is 4.43. The lowest BCUT2D eigenvalue weighted by Crippen LogP contribution is -1.95. The highest BCUT2D eigenvalue weighted by Gasteiger charge is 2.08. The van der Waals surface area contributed by atoms with Gasteiger partial charge in [0, 0.05) is 11.8 Å². The predicted molar refractivity (Wildman–Crippen MR) is 69.4 cm³/mol. The molecule has 7 heteroatoms. The van der Waals surface area contributed by atoms with Gasteiger partial charge in [-0.2, -0.15) is 0 Å². The maximum absolute atomic E-state index is 13.2. The number of rotatable bonds is 2. The highest BCUT2D eigenvalue weighted by atomic mass is 79.9. The topological polar surface area (TPSA) is 37.8 Å². The molecule has 1 aromatic heterocycles. The molecule has 1 heterocycles. The van der Waals surface area contributed by atoms with Gasteiger partial charge in [0.05, 0.1) is 10.0 Å². The maximum Gasteiger partial charge on any atom is 0.160 e. The van der Waals surface area contributed by atoms with Crippen molar-refractivity contribution in [3.8, 4) is 0 Å². The Balaban J connectivity index is 2.31. The molecule has 0 unspecified atom stereocenters. The number of hydrogen-bond donors (Lipinski definition) is 1. The molecule has 0 fully saturated rings. The van der Waals surface area contributed by atoms with Gasteiger partial charge in [0.25, 0.3) is 0 Å². The largest absolute Gasteiger partial charge is 0.340 e. The number of halogens is 4. The van der Waals surface area contributed by atoms with E-state index in [0.717, 1.165) is 0 Å². The molecule has 1 N–H and O–H groups in total. The van der Waals surface area contributed by atoms with Crippen molar-refractivity contribution in [2.75, 3.05) is 5.32 Å². The molecule has 2 aromatic rings. The van der Waals surface area contributed by atoms with Crippen LogP contribution in [0.2, 0.25) is 10.0 Å². The molecule has 1 aromatic carbocycles. The second-order valence-electron chi connectivity index (χ2n) is 3.10. The van der Waals surface area contributed by atoms with Crippen molar-refractivity contribution in [1.29, 1.82) is 0 Å². The van der Waals surface area contributed by atoms with Gasteiger partial charge in [-0.1, -0.05) is 23.2 Å². The van der Waals surface area contributed by atoms with Crippen LogP contribution in [0.3, 0.4) is 0 Å². The lowest BCUT2D eigenvalue weighted by atomic mass is 10.3. The number of hydrogen-bond acceptors (Lipinski definition) is 3. The van der Waals surface area contributed by atoms with Gasteiger partial charge in [-0.3, -0.25) is 0 Å². The van der Waals surface area contributed by atoms with E-state index in [-0.39, 0.29) is 10.0 Å². The first-order valence-electron chi connectivity index (χ1n) is 4.45. The second kappa shape index (κ2) is 5.16. The highest BCUT2D eigenvalue weighted by molar-refractivity contribution is 9.10. The van der Waals surface area contributed by atoms with Gasteiger partial charge in [0.1, 0.15) is 16.7 Å². The number of benzene rings is 1. The molecule has 0 saturated heterocycles. The first-order valence-corrected chi connectivity index (χ1v) is 6.00. The summed E-state index contributed by atoms with van der Waals surface area (Å²) in [6.07, 6.45) is 1.39. The maximum atomic E-state index is 13.2. The number of aromatic nitrogens is 2. The van der Waals surface area contributed by atoms with Crippen molar-refractivity contribution in [2.45, 2.75) is 0 Å². The molecular formula is C10H5BrCl2FN3. The van der Waals surface area contributed by atoms with Crippen LogP contribution in [0.15, 0.2) is 29.1 Å². The molecule has 17 heavy (non-hydrogen) atoms. The van der Waals surface area contributed by atoms with E-state index >= 15 is 0 Å². The molecule has 2 rings (SSSR count). The third-order valence-electron chi connectivity index (χ3n) is 1.89. The van der Waals surface area contributed by atoms with Gasteiger partial charge in [-0.05, 0) is 28.1 Å².